The number of aromatic nitrogens is 3. The molecule has 0 radical (unpaired) electrons. The van der Waals surface area contributed by atoms with Crippen LogP contribution >= 0.6 is 27.5 Å². The van der Waals surface area contributed by atoms with Crippen molar-refractivity contribution in [2.45, 2.75) is 77.7 Å². The number of amides is 1. The SMILES string of the molecule is CC(C)(C)OC(=O)N1CCC[C@H](Nc2ncc(Cl)c(-c3cn(COCC[Si](C)(C)C)c4c(F)c(Br)ccc34)n2)C1. The first-order valence-electron chi connectivity index (χ1n) is 13.5. The van der Waals surface area contributed by atoms with Crippen LogP contribution in [0.1, 0.15) is 33.6 Å². The molecule has 1 saturated heterocycles. The highest BCUT2D eigenvalue weighted by molar-refractivity contribution is 9.10. The first-order valence-corrected chi connectivity index (χ1v) is 18.4. The lowest BCUT2D eigenvalue weighted by Crippen LogP contribution is -2.47. The van der Waals surface area contributed by atoms with E-state index in [4.69, 9.17) is 26.1 Å². The smallest absolute Gasteiger partial charge is 0.410 e. The first kappa shape index (κ1) is 30.7. The van der Waals surface area contributed by atoms with Crippen LogP contribution in [0.5, 0.6) is 0 Å². The van der Waals surface area contributed by atoms with Crippen molar-refractivity contribution in [1.29, 1.82) is 0 Å². The number of nitrogens with zero attached hydrogens (tertiary/aromatic N) is 4. The number of benzene rings is 1. The minimum absolute atomic E-state index is 0.0511. The molecule has 0 unspecified atom stereocenters. The summed E-state index contributed by atoms with van der Waals surface area (Å²) in [5.41, 5.74) is 1.04. The van der Waals surface area contributed by atoms with Crippen LogP contribution in [0.4, 0.5) is 15.1 Å². The van der Waals surface area contributed by atoms with Gasteiger partial charge in [0.25, 0.3) is 0 Å². The maximum Gasteiger partial charge on any atom is 0.410 e. The molecule has 1 aliphatic rings. The van der Waals surface area contributed by atoms with Gasteiger partial charge in [0.05, 0.1) is 26.9 Å². The van der Waals surface area contributed by atoms with E-state index >= 15 is 4.39 Å². The van der Waals surface area contributed by atoms with Crippen molar-refractivity contribution in [2.75, 3.05) is 25.0 Å². The number of fused-ring (bicyclic) bond motifs is 1. The van der Waals surface area contributed by atoms with Crippen LogP contribution in [0.3, 0.4) is 0 Å². The molecular formula is C28H38BrClFN5O3Si. The van der Waals surface area contributed by atoms with Crippen LogP contribution in [0, 0.1) is 5.82 Å². The molecule has 40 heavy (non-hydrogen) atoms. The summed E-state index contributed by atoms with van der Waals surface area (Å²) in [6.45, 7) is 14.4. The van der Waals surface area contributed by atoms with Crippen molar-refractivity contribution in [3.63, 3.8) is 0 Å². The predicted molar refractivity (Wildman–Crippen MR) is 164 cm³/mol. The van der Waals surface area contributed by atoms with Crippen molar-refractivity contribution >= 4 is 58.5 Å². The minimum atomic E-state index is -1.26. The summed E-state index contributed by atoms with van der Waals surface area (Å²) in [6.07, 6.45) is 4.73. The largest absolute Gasteiger partial charge is 0.444 e. The fourth-order valence-corrected chi connectivity index (χ4v) is 5.82. The van der Waals surface area contributed by atoms with Gasteiger partial charge < -0.3 is 24.3 Å². The Balaban J connectivity index is 1.58. The van der Waals surface area contributed by atoms with E-state index in [1.54, 1.807) is 21.7 Å². The number of rotatable bonds is 8. The van der Waals surface area contributed by atoms with Crippen molar-refractivity contribution in [3.8, 4) is 11.3 Å². The van der Waals surface area contributed by atoms with Crippen LogP contribution in [0.2, 0.25) is 30.7 Å². The molecule has 1 fully saturated rings. The Morgan fingerprint density at radius 1 is 1.30 bits per heavy atom. The number of ether oxygens (including phenoxy) is 2. The summed E-state index contributed by atoms with van der Waals surface area (Å²) >= 11 is 9.91. The maximum absolute atomic E-state index is 15.3. The maximum atomic E-state index is 15.3. The summed E-state index contributed by atoms with van der Waals surface area (Å²) in [7, 11) is -1.26. The number of piperidine rings is 1. The molecule has 1 atom stereocenters. The van der Waals surface area contributed by atoms with E-state index < -0.39 is 13.7 Å². The van der Waals surface area contributed by atoms with Gasteiger partial charge in [0.2, 0.25) is 5.95 Å². The predicted octanol–water partition coefficient (Wildman–Crippen LogP) is 7.78. The van der Waals surface area contributed by atoms with Gasteiger partial charge in [-0.25, -0.2) is 19.2 Å². The molecule has 0 aliphatic carbocycles. The van der Waals surface area contributed by atoms with Gasteiger partial charge in [-0.15, -0.1) is 0 Å². The van der Waals surface area contributed by atoms with Crippen molar-refractivity contribution in [1.82, 2.24) is 19.4 Å². The average molecular weight is 655 g/mol. The van der Waals surface area contributed by atoms with E-state index in [0.717, 1.165) is 18.9 Å². The van der Waals surface area contributed by atoms with Crippen LogP contribution in [-0.4, -0.2) is 64.9 Å². The molecule has 3 heterocycles. The zero-order valence-electron chi connectivity index (χ0n) is 24.0. The van der Waals surface area contributed by atoms with Gasteiger partial charge in [-0.2, -0.15) is 0 Å². The summed E-state index contributed by atoms with van der Waals surface area (Å²) < 4.78 is 29.0. The molecule has 4 rings (SSSR count). The molecule has 2 aromatic heterocycles. The third-order valence-corrected chi connectivity index (χ3v) is 9.16. The molecule has 1 amide bonds. The monoisotopic (exact) mass is 653 g/mol. The van der Waals surface area contributed by atoms with E-state index in [2.05, 4.69) is 45.9 Å². The van der Waals surface area contributed by atoms with Gasteiger partial charge in [-0.1, -0.05) is 37.3 Å². The number of carbonyl (C=O) groups excluding carboxylic acids is 1. The zero-order chi connectivity index (χ0) is 29.2. The fourth-order valence-electron chi connectivity index (χ4n) is 4.56. The molecule has 0 spiro atoms. The summed E-state index contributed by atoms with van der Waals surface area (Å²) in [5.74, 6) is 0.0193. The molecule has 218 valence electrons. The highest BCUT2D eigenvalue weighted by atomic mass is 79.9. The third-order valence-electron chi connectivity index (χ3n) is 6.56. The first-order chi connectivity index (χ1) is 18.7. The Morgan fingerprint density at radius 3 is 2.75 bits per heavy atom. The lowest BCUT2D eigenvalue weighted by atomic mass is 10.1. The quantitative estimate of drug-likeness (QED) is 0.197. The lowest BCUT2D eigenvalue weighted by molar-refractivity contribution is 0.0206. The molecule has 1 aliphatic heterocycles. The van der Waals surface area contributed by atoms with Gasteiger partial charge in [-0.05, 0) is 61.7 Å². The third kappa shape index (κ3) is 7.74. The van der Waals surface area contributed by atoms with Crippen molar-refractivity contribution < 1.29 is 18.7 Å². The minimum Gasteiger partial charge on any atom is -0.444 e. The summed E-state index contributed by atoms with van der Waals surface area (Å²) in [5, 5.41) is 4.39. The van der Waals surface area contributed by atoms with Gasteiger partial charge in [0.15, 0.2) is 5.82 Å². The second-order valence-electron chi connectivity index (χ2n) is 12.4. The average Bonchev–Trinajstić information content (AvgIpc) is 3.23. The Kier molecular flexibility index (Phi) is 9.48. The Bertz CT molecular complexity index is 1370. The topological polar surface area (TPSA) is 81.5 Å². The number of likely N-dealkylation sites (tertiary alicyclic amines) is 1. The molecule has 0 saturated carbocycles. The van der Waals surface area contributed by atoms with Crippen LogP contribution in [0.25, 0.3) is 22.2 Å². The number of nitrogens with one attached hydrogen (secondary N) is 1. The van der Waals surface area contributed by atoms with E-state index in [1.807, 2.05) is 33.0 Å². The molecule has 0 bridgehead atoms. The van der Waals surface area contributed by atoms with Crippen molar-refractivity contribution in [3.05, 3.63) is 39.8 Å². The molecule has 1 N–H and O–H groups in total. The molecule has 1 aromatic carbocycles. The second-order valence-corrected chi connectivity index (χ2v) is 19.3. The molecular weight excluding hydrogens is 617 g/mol. The van der Waals surface area contributed by atoms with Gasteiger partial charge in [0, 0.05) is 51.0 Å². The highest BCUT2D eigenvalue weighted by Gasteiger charge is 2.28. The standard InChI is InChI=1S/C28H38BrClFN5O3Si/c1-28(2,3)39-27(37)35-11-7-8-18(15-35)33-26-32-14-22(30)24(34-26)20-16-36(17-38-12-13-40(4,5)6)25-19(20)9-10-21(29)23(25)31/h9-10,14,16,18H,7-8,11-13,15,17H2,1-6H3,(H,32,33,34)/t18-/m0/s1. The number of hydrogen-bond donors (Lipinski definition) is 1. The molecule has 12 heteroatoms. The van der Waals surface area contributed by atoms with E-state index in [0.29, 0.717) is 57.3 Å². The van der Waals surface area contributed by atoms with Gasteiger partial charge in [-0.3, -0.25) is 0 Å². The Hall–Kier alpha value is -2.21. The highest BCUT2D eigenvalue weighted by Crippen LogP contribution is 2.37. The van der Waals surface area contributed by atoms with Crippen molar-refractivity contribution in [2.24, 2.45) is 0 Å². The Morgan fingerprint density at radius 2 is 2.05 bits per heavy atom. The van der Waals surface area contributed by atoms with Crippen LogP contribution in [0.15, 0.2) is 29.0 Å². The number of carbonyl (C=O) groups is 1. The summed E-state index contributed by atoms with van der Waals surface area (Å²) in [4.78, 5) is 23.4. The fraction of sp³-hybridized carbons (Fsp3) is 0.536. The zero-order valence-corrected chi connectivity index (χ0v) is 27.3. The molecule has 3 aromatic rings. The normalized spacial score (nSPS) is 16.4. The number of hydrogen-bond acceptors (Lipinski definition) is 6. The number of halogens is 3. The summed E-state index contributed by atoms with van der Waals surface area (Å²) in [6, 6.07) is 4.50. The second kappa shape index (κ2) is 12.3. The van der Waals surface area contributed by atoms with Crippen LogP contribution in [-0.2, 0) is 16.2 Å². The van der Waals surface area contributed by atoms with E-state index in [9.17, 15) is 4.79 Å². The number of anilines is 1. The van der Waals surface area contributed by atoms with Gasteiger partial charge >= 0.3 is 6.09 Å². The van der Waals surface area contributed by atoms with Crippen LogP contribution < -0.4 is 5.32 Å². The lowest BCUT2D eigenvalue weighted by Gasteiger charge is -2.34. The molecule has 8 nitrogen and oxygen atoms in total. The Labute approximate surface area is 249 Å². The van der Waals surface area contributed by atoms with E-state index in [-0.39, 0.29) is 24.7 Å². The van der Waals surface area contributed by atoms with Gasteiger partial charge in [0.1, 0.15) is 12.3 Å². The van der Waals surface area contributed by atoms with E-state index in [1.165, 1.54) is 0 Å².